The fourth-order valence-corrected chi connectivity index (χ4v) is 5.04. The highest BCUT2D eigenvalue weighted by Gasteiger charge is 2.35. The van der Waals surface area contributed by atoms with Crippen molar-refractivity contribution in [1.29, 1.82) is 0 Å². The Balaban J connectivity index is 1.50. The van der Waals surface area contributed by atoms with Crippen LogP contribution in [0.3, 0.4) is 0 Å². The third-order valence-corrected chi connectivity index (χ3v) is 7.02. The maximum Gasteiger partial charge on any atom is 0.330 e. The van der Waals surface area contributed by atoms with E-state index in [2.05, 4.69) is 47.6 Å². The fourth-order valence-electron chi connectivity index (χ4n) is 5.04. The molecule has 1 aromatic heterocycles. The van der Waals surface area contributed by atoms with Crippen LogP contribution in [0, 0.1) is 27.7 Å². The van der Waals surface area contributed by atoms with Crippen molar-refractivity contribution in [3.8, 4) is 0 Å². The lowest BCUT2D eigenvalue weighted by atomic mass is 10.1. The lowest BCUT2D eigenvalue weighted by molar-refractivity contribution is -0.156. The van der Waals surface area contributed by atoms with Crippen molar-refractivity contribution in [1.82, 2.24) is 15.2 Å². The van der Waals surface area contributed by atoms with Gasteiger partial charge in [-0.25, -0.2) is 14.6 Å². The van der Waals surface area contributed by atoms with Gasteiger partial charge in [0.2, 0.25) is 0 Å². The van der Waals surface area contributed by atoms with Gasteiger partial charge in [-0.2, -0.15) is 0 Å². The molecule has 4 rings (SSSR count). The number of pyridine rings is 1. The summed E-state index contributed by atoms with van der Waals surface area (Å²) in [5.41, 5.74) is 5.56. The summed E-state index contributed by atoms with van der Waals surface area (Å²) in [6.07, 6.45) is 0. The van der Waals surface area contributed by atoms with Gasteiger partial charge < -0.3 is 30.1 Å². The van der Waals surface area contributed by atoms with Gasteiger partial charge in [0.15, 0.2) is 5.82 Å². The largest absolute Gasteiger partial charge is 0.458 e. The van der Waals surface area contributed by atoms with E-state index in [9.17, 15) is 9.59 Å². The number of amides is 2. The van der Waals surface area contributed by atoms with Gasteiger partial charge in [-0.1, -0.05) is 6.07 Å². The number of urea groups is 1. The summed E-state index contributed by atoms with van der Waals surface area (Å²) in [4.78, 5) is 37.5. The lowest BCUT2D eigenvalue weighted by Gasteiger charge is -2.38. The van der Waals surface area contributed by atoms with Crippen LogP contribution in [0.1, 0.15) is 43.2 Å². The molecule has 3 heterocycles. The Labute approximate surface area is 226 Å². The molecule has 2 aromatic rings. The molecule has 0 saturated carbocycles. The third kappa shape index (κ3) is 6.56. The molecule has 2 aliphatic heterocycles. The second kappa shape index (κ2) is 11.2. The van der Waals surface area contributed by atoms with Crippen LogP contribution in [0.5, 0.6) is 0 Å². The Morgan fingerprint density at radius 1 is 0.974 bits per heavy atom. The summed E-state index contributed by atoms with van der Waals surface area (Å²) in [5.74, 6) is 0.303. The molecule has 206 valence electrons. The first-order chi connectivity index (χ1) is 17.9. The number of hydrogen-bond donors (Lipinski definition) is 2. The zero-order valence-corrected chi connectivity index (χ0v) is 23.9. The van der Waals surface area contributed by atoms with E-state index in [0.29, 0.717) is 44.2 Å². The molecule has 0 bridgehead atoms. The molecule has 1 unspecified atom stereocenters. The number of nitrogens with one attached hydrogen (secondary N) is 2. The number of carbonyl (C=O) groups excluding carboxylic acids is 2. The van der Waals surface area contributed by atoms with Crippen LogP contribution >= 0.6 is 0 Å². The number of aryl methyl sites for hydroxylation is 4. The topological polar surface area (TPSA) is 90.0 Å². The van der Waals surface area contributed by atoms with Crippen LogP contribution in [0.4, 0.5) is 22.0 Å². The summed E-state index contributed by atoms with van der Waals surface area (Å²) in [6.45, 7) is 18.3. The van der Waals surface area contributed by atoms with Gasteiger partial charge in [-0.3, -0.25) is 0 Å². The van der Waals surface area contributed by atoms with E-state index in [1.54, 1.807) is 0 Å². The molecule has 2 saturated heterocycles. The van der Waals surface area contributed by atoms with Crippen molar-refractivity contribution in [2.75, 3.05) is 60.9 Å². The van der Waals surface area contributed by atoms with E-state index in [1.807, 2.05) is 50.5 Å². The molecule has 1 aromatic carbocycles. The number of rotatable bonds is 4. The van der Waals surface area contributed by atoms with Crippen LogP contribution in [0.15, 0.2) is 24.3 Å². The third-order valence-electron chi connectivity index (χ3n) is 7.02. The van der Waals surface area contributed by atoms with E-state index >= 15 is 0 Å². The molecule has 0 aliphatic carbocycles. The second-order valence-corrected chi connectivity index (χ2v) is 11.5. The minimum atomic E-state index is -0.590. The summed E-state index contributed by atoms with van der Waals surface area (Å²) in [5, 5.41) is 6.41. The average Bonchev–Trinajstić information content (AvgIpc) is 2.84. The fraction of sp³-hybridized carbons (Fsp3) is 0.552. The van der Waals surface area contributed by atoms with Crippen LogP contribution < -0.4 is 20.4 Å². The van der Waals surface area contributed by atoms with Gasteiger partial charge in [0.25, 0.3) is 0 Å². The van der Waals surface area contributed by atoms with Gasteiger partial charge in [-0.05, 0) is 83.4 Å². The summed E-state index contributed by atoms with van der Waals surface area (Å²) in [7, 11) is 0. The highest BCUT2D eigenvalue weighted by Crippen LogP contribution is 2.30. The van der Waals surface area contributed by atoms with Gasteiger partial charge in [0.05, 0.1) is 5.69 Å². The van der Waals surface area contributed by atoms with Gasteiger partial charge in [-0.15, -0.1) is 0 Å². The number of hydrogen-bond acceptors (Lipinski definition) is 7. The highest BCUT2D eigenvalue weighted by molar-refractivity contribution is 5.94. The number of anilines is 3. The van der Waals surface area contributed by atoms with Crippen LogP contribution in [0.2, 0.25) is 0 Å². The van der Waals surface area contributed by atoms with Gasteiger partial charge >= 0.3 is 12.0 Å². The predicted octanol–water partition coefficient (Wildman–Crippen LogP) is 3.79. The van der Waals surface area contributed by atoms with E-state index in [4.69, 9.17) is 9.72 Å². The van der Waals surface area contributed by atoms with E-state index in [0.717, 1.165) is 24.3 Å². The molecule has 1 atom stereocenters. The van der Waals surface area contributed by atoms with Crippen molar-refractivity contribution in [3.63, 3.8) is 0 Å². The Kier molecular flexibility index (Phi) is 8.16. The van der Waals surface area contributed by atoms with Crippen LogP contribution in [-0.2, 0) is 9.53 Å². The molecular formula is C29H42N6O3. The van der Waals surface area contributed by atoms with E-state index in [1.165, 1.54) is 16.8 Å². The number of benzene rings is 1. The molecule has 2 amide bonds. The minimum Gasteiger partial charge on any atom is -0.458 e. The van der Waals surface area contributed by atoms with Crippen molar-refractivity contribution in [2.45, 2.75) is 60.1 Å². The number of carbonyl (C=O) groups is 2. The van der Waals surface area contributed by atoms with E-state index in [-0.39, 0.29) is 12.0 Å². The van der Waals surface area contributed by atoms with Crippen molar-refractivity contribution in [3.05, 3.63) is 46.6 Å². The number of nitrogens with zero attached hydrogens (tertiary/aromatic N) is 4. The zero-order valence-electron chi connectivity index (χ0n) is 23.9. The first-order valence-electron chi connectivity index (χ1n) is 13.5. The standard InChI is InChI=1S/C29H42N6O3/c1-19-14-20(2)16-23(15-19)33-10-12-34(13-11-33)28(37)32-24-17-21(3)22(4)31-26(24)35-9-8-30-18-25(35)27(36)38-29(5,6)7/h14-17,25,30H,8-13,18H2,1-7H3,(H,32,37). The molecule has 2 aliphatic rings. The maximum absolute atomic E-state index is 13.4. The molecule has 0 radical (unpaired) electrons. The smallest absolute Gasteiger partial charge is 0.330 e. The SMILES string of the molecule is Cc1cc(C)cc(N2CCN(C(=O)Nc3cc(C)c(C)nc3N3CCNCC3C(=O)OC(C)(C)C)CC2)c1. The van der Waals surface area contributed by atoms with E-state index < -0.39 is 11.6 Å². The average molecular weight is 523 g/mol. The van der Waals surface area contributed by atoms with Gasteiger partial charge in [0, 0.05) is 57.2 Å². The van der Waals surface area contributed by atoms with Crippen molar-refractivity contribution < 1.29 is 14.3 Å². The van der Waals surface area contributed by atoms with Crippen LogP contribution in [-0.4, -0.2) is 79.3 Å². The molecular weight excluding hydrogens is 480 g/mol. The summed E-state index contributed by atoms with van der Waals surface area (Å²) < 4.78 is 5.71. The lowest BCUT2D eigenvalue weighted by Crippen LogP contribution is -2.57. The van der Waals surface area contributed by atoms with Crippen molar-refractivity contribution in [2.24, 2.45) is 0 Å². The Morgan fingerprint density at radius 3 is 2.26 bits per heavy atom. The second-order valence-electron chi connectivity index (χ2n) is 11.5. The van der Waals surface area contributed by atoms with Crippen molar-refractivity contribution >= 4 is 29.2 Å². The van der Waals surface area contributed by atoms with Crippen LogP contribution in [0.25, 0.3) is 0 Å². The quantitative estimate of drug-likeness (QED) is 0.591. The number of aromatic nitrogens is 1. The first-order valence-corrected chi connectivity index (χ1v) is 13.5. The Hall–Kier alpha value is -3.33. The molecule has 2 fully saturated rings. The maximum atomic E-state index is 13.4. The highest BCUT2D eigenvalue weighted by atomic mass is 16.6. The predicted molar refractivity (Wildman–Crippen MR) is 152 cm³/mol. The summed E-state index contributed by atoms with van der Waals surface area (Å²) in [6, 6.07) is 7.84. The molecule has 9 heteroatoms. The normalized spacial score (nSPS) is 18.4. The summed E-state index contributed by atoms with van der Waals surface area (Å²) >= 11 is 0. The van der Waals surface area contributed by atoms with Gasteiger partial charge in [0.1, 0.15) is 11.6 Å². The number of ether oxygens (including phenoxy) is 1. The Morgan fingerprint density at radius 2 is 1.63 bits per heavy atom. The number of esters is 1. The molecule has 0 spiro atoms. The molecule has 2 N–H and O–H groups in total. The minimum absolute atomic E-state index is 0.152. The first kappa shape index (κ1) is 27.7. The Bertz CT molecular complexity index is 1160. The molecule has 9 nitrogen and oxygen atoms in total. The zero-order chi connectivity index (χ0) is 27.6. The monoisotopic (exact) mass is 522 g/mol. The number of piperazine rings is 2. The molecule has 38 heavy (non-hydrogen) atoms.